The van der Waals surface area contributed by atoms with E-state index in [2.05, 4.69) is 6.58 Å². The molecule has 1 atom stereocenters. The van der Waals surface area contributed by atoms with Gasteiger partial charge in [-0.05, 0) is 36.1 Å². The highest BCUT2D eigenvalue weighted by Crippen LogP contribution is 2.39. The Morgan fingerprint density at radius 3 is 2.75 bits per heavy atom. The molecule has 1 unspecified atom stereocenters. The Morgan fingerprint density at radius 1 is 1.33 bits per heavy atom. The highest BCUT2D eigenvalue weighted by atomic mass is 17.2. The van der Waals surface area contributed by atoms with Gasteiger partial charge in [-0.1, -0.05) is 12.6 Å². The van der Waals surface area contributed by atoms with E-state index in [1.165, 1.54) is 0 Å². The topological polar surface area (TPSA) is 66.4 Å². The van der Waals surface area contributed by atoms with Crippen LogP contribution in [0.15, 0.2) is 24.8 Å². The van der Waals surface area contributed by atoms with Gasteiger partial charge >= 0.3 is 0 Å². The van der Waals surface area contributed by atoms with Crippen molar-refractivity contribution in [3.8, 4) is 11.5 Å². The first-order valence-corrected chi connectivity index (χ1v) is 8.27. The number of rotatable bonds is 6. The fourth-order valence-electron chi connectivity index (χ4n) is 3.05. The Morgan fingerprint density at radius 2 is 2.12 bits per heavy atom. The van der Waals surface area contributed by atoms with E-state index in [1.807, 2.05) is 12.1 Å². The number of hydrogen-bond donors (Lipinski definition) is 1. The number of methoxy groups -OCH3 is 1. The van der Waals surface area contributed by atoms with Crippen LogP contribution in [0, 0.1) is 0 Å². The molecule has 1 aliphatic carbocycles. The van der Waals surface area contributed by atoms with Gasteiger partial charge in [-0.15, -0.1) is 0 Å². The average Bonchev–Trinajstić information content (AvgIpc) is 3.08. The molecule has 1 N–H and O–H groups in total. The van der Waals surface area contributed by atoms with Crippen LogP contribution in [0.1, 0.15) is 31.2 Å². The Kier molecular flexibility index (Phi) is 5.40. The van der Waals surface area contributed by atoms with E-state index < -0.39 is 5.79 Å². The van der Waals surface area contributed by atoms with Crippen LogP contribution in [0.3, 0.4) is 0 Å². The monoisotopic (exact) mass is 336 g/mol. The molecule has 0 amide bonds. The molecule has 6 heteroatoms. The quantitative estimate of drug-likeness (QED) is 0.806. The van der Waals surface area contributed by atoms with Crippen molar-refractivity contribution in [1.82, 2.24) is 0 Å². The zero-order valence-electron chi connectivity index (χ0n) is 14.0. The van der Waals surface area contributed by atoms with Gasteiger partial charge in [-0.3, -0.25) is 0 Å². The molecule has 0 bridgehead atoms. The second-order valence-corrected chi connectivity index (χ2v) is 6.06. The van der Waals surface area contributed by atoms with Crippen molar-refractivity contribution in [3.63, 3.8) is 0 Å². The van der Waals surface area contributed by atoms with Crippen molar-refractivity contribution < 1.29 is 29.1 Å². The lowest BCUT2D eigenvalue weighted by Gasteiger charge is -2.36. The molecule has 1 aliphatic heterocycles. The first-order chi connectivity index (χ1) is 11.7. The summed E-state index contributed by atoms with van der Waals surface area (Å²) in [5.74, 6) is 0.591. The smallest absolute Gasteiger partial charge is 0.201 e. The first-order valence-electron chi connectivity index (χ1n) is 8.27. The van der Waals surface area contributed by atoms with Gasteiger partial charge < -0.3 is 19.3 Å². The second kappa shape index (κ2) is 7.53. The summed E-state index contributed by atoms with van der Waals surface area (Å²) in [5, 5.41) is 8.87. The number of ether oxygens (including phenoxy) is 3. The summed E-state index contributed by atoms with van der Waals surface area (Å²) in [6.45, 7) is 4.69. The zero-order chi connectivity index (χ0) is 17.0. The van der Waals surface area contributed by atoms with Gasteiger partial charge in [0.15, 0.2) is 11.5 Å². The SMILES string of the molecule is C=C(c1ccc(OCCO)c(OC)c1)C1COC2(CCCC2)OO1. The van der Waals surface area contributed by atoms with Gasteiger partial charge in [-0.25, -0.2) is 9.78 Å². The van der Waals surface area contributed by atoms with Crippen molar-refractivity contribution >= 4 is 5.57 Å². The molecule has 6 nitrogen and oxygen atoms in total. The summed E-state index contributed by atoms with van der Waals surface area (Å²) in [6.07, 6.45) is 3.58. The molecule has 1 aromatic carbocycles. The van der Waals surface area contributed by atoms with Gasteiger partial charge in [0.05, 0.1) is 20.3 Å². The molecule has 2 fully saturated rings. The van der Waals surface area contributed by atoms with Crippen LogP contribution >= 0.6 is 0 Å². The maximum Gasteiger partial charge on any atom is 0.201 e. The lowest BCUT2D eigenvalue weighted by Crippen LogP contribution is -2.43. The van der Waals surface area contributed by atoms with Crippen LogP contribution in [0.5, 0.6) is 11.5 Å². The minimum atomic E-state index is -0.559. The minimum Gasteiger partial charge on any atom is -0.493 e. The Labute approximate surface area is 141 Å². The number of aliphatic hydroxyl groups excluding tert-OH is 1. The van der Waals surface area contributed by atoms with E-state index in [9.17, 15) is 0 Å². The van der Waals surface area contributed by atoms with Gasteiger partial charge in [0.2, 0.25) is 5.79 Å². The first kappa shape index (κ1) is 17.2. The van der Waals surface area contributed by atoms with Crippen molar-refractivity contribution in [2.24, 2.45) is 0 Å². The Hall–Kier alpha value is -1.60. The molecule has 0 aromatic heterocycles. The third-order valence-corrected chi connectivity index (χ3v) is 4.45. The molecule has 2 aliphatic rings. The number of benzene rings is 1. The van der Waals surface area contributed by atoms with Gasteiger partial charge in [-0.2, -0.15) is 0 Å². The standard InChI is InChI=1S/C18H24O6/c1-13(17-12-22-18(24-23-17)7-3-4-8-18)14-5-6-15(21-10-9-19)16(11-14)20-2/h5-6,11,17,19H,1,3-4,7-10,12H2,2H3. The average molecular weight is 336 g/mol. The highest BCUT2D eigenvalue weighted by molar-refractivity contribution is 5.69. The molecule has 1 saturated carbocycles. The van der Waals surface area contributed by atoms with Crippen LogP contribution in [0.4, 0.5) is 0 Å². The molecule has 1 heterocycles. The molecular formula is C18H24O6. The van der Waals surface area contributed by atoms with Gasteiger partial charge in [0.1, 0.15) is 12.7 Å². The Bertz CT molecular complexity index is 569. The second-order valence-electron chi connectivity index (χ2n) is 6.06. The molecule has 1 aromatic rings. The van der Waals surface area contributed by atoms with E-state index in [-0.39, 0.29) is 19.3 Å². The minimum absolute atomic E-state index is 0.0516. The largest absolute Gasteiger partial charge is 0.493 e. The van der Waals surface area contributed by atoms with Crippen LogP contribution in [-0.4, -0.2) is 43.9 Å². The summed E-state index contributed by atoms with van der Waals surface area (Å²) in [6, 6.07) is 5.50. The third-order valence-electron chi connectivity index (χ3n) is 4.45. The highest BCUT2D eigenvalue weighted by Gasteiger charge is 2.42. The van der Waals surface area contributed by atoms with Crippen molar-refractivity contribution in [3.05, 3.63) is 30.3 Å². The van der Waals surface area contributed by atoms with Gasteiger partial charge in [0.25, 0.3) is 0 Å². The Balaban J connectivity index is 1.66. The molecule has 3 rings (SSSR count). The molecule has 1 spiro atoms. The molecular weight excluding hydrogens is 312 g/mol. The van der Waals surface area contributed by atoms with E-state index in [1.54, 1.807) is 13.2 Å². The predicted molar refractivity (Wildman–Crippen MR) is 87.7 cm³/mol. The van der Waals surface area contributed by atoms with E-state index in [4.69, 9.17) is 29.1 Å². The van der Waals surface area contributed by atoms with E-state index >= 15 is 0 Å². The summed E-state index contributed by atoms with van der Waals surface area (Å²) in [7, 11) is 1.57. The lowest BCUT2D eigenvalue weighted by atomic mass is 10.0. The van der Waals surface area contributed by atoms with Crippen molar-refractivity contribution in [2.75, 3.05) is 26.9 Å². The molecule has 0 radical (unpaired) electrons. The van der Waals surface area contributed by atoms with Gasteiger partial charge in [0, 0.05) is 12.8 Å². The summed E-state index contributed by atoms with van der Waals surface area (Å²) in [4.78, 5) is 11.1. The number of hydrogen-bond acceptors (Lipinski definition) is 6. The number of aliphatic hydroxyl groups is 1. The van der Waals surface area contributed by atoms with Crippen molar-refractivity contribution in [1.29, 1.82) is 0 Å². The molecule has 132 valence electrons. The van der Waals surface area contributed by atoms with Crippen LogP contribution in [0.2, 0.25) is 0 Å². The van der Waals surface area contributed by atoms with E-state index in [0.717, 1.165) is 36.8 Å². The third kappa shape index (κ3) is 3.57. The summed E-state index contributed by atoms with van der Waals surface area (Å²) >= 11 is 0. The zero-order valence-corrected chi connectivity index (χ0v) is 14.0. The fourth-order valence-corrected chi connectivity index (χ4v) is 3.05. The summed E-state index contributed by atoms with van der Waals surface area (Å²) < 4.78 is 16.7. The fraction of sp³-hybridized carbons (Fsp3) is 0.556. The van der Waals surface area contributed by atoms with Crippen LogP contribution < -0.4 is 9.47 Å². The molecule has 1 saturated heterocycles. The predicted octanol–water partition coefficient (Wildman–Crippen LogP) is 2.70. The lowest BCUT2D eigenvalue weighted by molar-refractivity contribution is -0.475. The summed E-state index contributed by atoms with van der Waals surface area (Å²) in [5.41, 5.74) is 1.62. The molecule has 24 heavy (non-hydrogen) atoms. The van der Waals surface area contributed by atoms with E-state index in [0.29, 0.717) is 18.1 Å². The van der Waals surface area contributed by atoms with Crippen LogP contribution in [-0.2, 0) is 14.5 Å². The van der Waals surface area contributed by atoms with Crippen LogP contribution in [0.25, 0.3) is 5.57 Å². The van der Waals surface area contributed by atoms with Crippen molar-refractivity contribution in [2.45, 2.75) is 37.6 Å². The normalized spacial score (nSPS) is 22.5. The maximum atomic E-state index is 8.87. The maximum absolute atomic E-state index is 8.87.